The van der Waals surface area contributed by atoms with Crippen LogP contribution in [0.5, 0.6) is 0 Å². The molecule has 2 N–H and O–H groups in total. The van der Waals surface area contributed by atoms with E-state index in [2.05, 4.69) is 10.7 Å². The molecule has 4 rings (SSSR count). The number of halogens is 2. The van der Waals surface area contributed by atoms with E-state index in [4.69, 9.17) is 0 Å². The van der Waals surface area contributed by atoms with E-state index in [0.29, 0.717) is 17.8 Å². The normalized spacial score (nSPS) is 14.8. The van der Waals surface area contributed by atoms with Crippen molar-refractivity contribution < 1.29 is 13.6 Å². The maximum absolute atomic E-state index is 14.7. The molecule has 1 aliphatic rings. The number of fused-ring (bicyclic) bond motifs is 1. The van der Waals surface area contributed by atoms with Crippen molar-refractivity contribution in [1.82, 2.24) is 9.99 Å². The number of carbonyl (C=O) groups is 1. The fourth-order valence-corrected chi connectivity index (χ4v) is 4.38. The minimum absolute atomic E-state index is 0.127. The standard InChI is InChI=1S/C25H27F2N3O2/c1-3-13-28-30-15(2)21(19-11-6-12-20(27)22(19)25(30)32)24(31)29-23(16-7-4-8-16)17-9-5-10-18(26)14-17/h5-6,9-12,14,16,23,28H,3-4,7-8,13H2,1-2H3,(H,29,31). The summed E-state index contributed by atoms with van der Waals surface area (Å²) in [5.74, 6) is -1.24. The van der Waals surface area contributed by atoms with Crippen molar-refractivity contribution >= 4 is 16.7 Å². The Morgan fingerprint density at radius 2 is 1.94 bits per heavy atom. The molecular weight excluding hydrogens is 412 g/mol. The van der Waals surface area contributed by atoms with Gasteiger partial charge in [0.25, 0.3) is 11.5 Å². The van der Waals surface area contributed by atoms with E-state index in [-0.39, 0.29) is 34.1 Å². The predicted molar refractivity (Wildman–Crippen MR) is 121 cm³/mol. The first-order valence-corrected chi connectivity index (χ1v) is 11.1. The lowest BCUT2D eigenvalue weighted by molar-refractivity contribution is 0.0900. The van der Waals surface area contributed by atoms with Crippen LogP contribution in [0.2, 0.25) is 0 Å². The maximum atomic E-state index is 14.7. The number of carbonyl (C=O) groups excluding carboxylic acids is 1. The molecular formula is C25H27F2N3O2. The zero-order valence-electron chi connectivity index (χ0n) is 18.3. The van der Waals surface area contributed by atoms with Crippen LogP contribution in [0.4, 0.5) is 8.78 Å². The molecule has 1 saturated carbocycles. The summed E-state index contributed by atoms with van der Waals surface area (Å²) in [6, 6.07) is 10.2. The van der Waals surface area contributed by atoms with Crippen molar-refractivity contribution in [1.29, 1.82) is 0 Å². The molecule has 1 heterocycles. The number of rotatable bonds is 7. The van der Waals surface area contributed by atoms with Gasteiger partial charge in [-0.2, -0.15) is 0 Å². The van der Waals surface area contributed by atoms with Gasteiger partial charge in [0.1, 0.15) is 11.6 Å². The second-order valence-corrected chi connectivity index (χ2v) is 8.37. The average Bonchev–Trinajstić information content (AvgIpc) is 2.72. The number of amides is 1. The van der Waals surface area contributed by atoms with Crippen LogP contribution in [-0.2, 0) is 0 Å². The third-order valence-electron chi connectivity index (χ3n) is 6.26. The molecule has 2 aromatic carbocycles. The van der Waals surface area contributed by atoms with E-state index in [1.807, 2.05) is 6.92 Å². The summed E-state index contributed by atoms with van der Waals surface area (Å²) in [6.07, 6.45) is 3.69. The lowest BCUT2D eigenvalue weighted by Gasteiger charge is -2.35. The van der Waals surface area contributed by atoms with E-state index in [1.54, 1.807) is 25.1 Å². The lowest BCUT2D eigenvalue weighted by atomic mass is 9.77. The molecule has 5 nitrogen and oxygen atoms in total. The van der Waals surface area contributed by atoms with E-state index >= 15 is 0 Å². The second kappa shape index (κ2) is 9.10. The third kappa shape index (κ3) is 3.99. The summed E-state index contributed by atoms with van der Waals surface area (Å²) >= 11 is 0. The number of benzene rings is 2. The molecule has 7 heteroatoms. The highest BCUT2D eigenvalue weighted by Crippen LogP contribution is 2.38. The summed E-state index contributed by atoms with van der Waals surface area (Å²) in [7, 11) is 0. The molecule has 0 radical (unpaired) electrons. The van der Waals surface area contributed by atoms with Crippen molar-refractivity contribution in [3.05, 3.63) is 81.3 Å². The highest BCUT2D eigenvalue weighted by molar-refractivity contribution is 6.08. The van der Waals surface area contributed by atoms with Gasteiger partial charge in [0.2, 0.25) is 0 Å². The summed E-state index contributed by atoms with van der Waals surface area (Å²) in [5.41, 5.74) is 3.81. The highest BCUT2D eigenvalue weighted by atomic mass is 19.1. The molecule has 0 aliphatic heterocycles. The Kier molecular flexibility index (Phi) is 6.26. The quantitative estimate of drug-likeness (QED) is 0.555. The lowest BCUT2D eigenvalue weighted by Crippen LogP contribution is -2.39. The predicted octanol–water partition coefficient (Wildman–Crippen LogP) is 4.81. The van der Waals surface area contributed by atoms with Crippen molar-refractivity contribution in [2.75, 3.05) is 12.0 Å². The molecule has 1 amide bonds. The van der Waals surface area contributed by atoms with Gasteiger partial charge in [0.05, 0.1) is 22.7 Å². The first-order valence-electron chi connectivity index (χ1n) is 11.1. The van der Waals surface area contributed by atoms with E-state index in [9.17, 15) is 18.4 Å². The van der Waals surface area contributed by atoms with E-state index in [0.717, 1.165) is 25.7 Å². The van der Waals surface area contributed by atoms with Crippen molar-refractivity contribution in [2.45, 2.75) is 45.6 Å². The minimum atomic E-state index is -0.672. The number of hydrogen-bond acceptors (Lipinski definition) is 3. The van der Waals surface area contributed by atoms with Gasteiger partial charge in [-0.05, 0) is 55.9 Å². The van der Waals surface area contributed by atoms with Gasteiger partial charge in [0.15, 0.2) is 0 Å². The van der Waals surface area contributed by atoms with Crippen molar-refractivity contribution in [2.24, 2.45) is 5.92 Å². The average molecular weight is 440 g/mol. The molecule has 1 unspecified atom stereocenters. The van der Waals surface area contributed by atoms with Crippen LogP contribution in [0.15, 0.2) is 47.3 Å². The fourth-order valence-electron chi connectivity index (χ4n) is 4.38. The van der Waals surface area contributed by atoms with Gasteiger partial charge in [-0.15, -0.1) is 0 Å². The summed E-state index contributed by atoms with van der Waals surface area (Å²) < 4.78 is 29.8. The Hall–Kier alpha value is -3.22. The summed E-state index contributed by atoms with van der Waals surface area (Å²) in [6.45, 7) is 4.12. The molecule has 32 heavy (non-hydrogen) atoms. The van der Waals surface area contributed by atoms with Gasteiger partial charge in [-0.1, -0.05) is 37.6 Å². The zero-order valence-corrected chi connectivity index (χ0v) is 18.3. The van der Waals surface area contributed by atoms with Crippen molar-refractivity contribution in [3.63, 3.8) is 0 Å². The fraction of sp³-hybridized carbons (Fsp3) is 0.360. The van der Waals surface area contributed by atoms with Crippen LogP contribution >= 0.6 is 0 Å². The van der Waals surface area contributed by atoms with Crippen LogP contribution in [0.25, 0.3) is 10.8 Å². The largest absolute Gasteiger partial charge is 0.345 e. The van der Waals surface area contributed by atoms with Crippen LogP contribution in [0.3, 0.4) is 0 Å². The van der Waals surface area contributed by atoms with Gasteiger partial charge in [0, 0.05) is 11.9 Å². The smallest absolute Gasteiger partial charge is 0.279 e. The first-order chi connectivity index (χ1) is 15.4. The first kappa shape index (κ1) is 22.0. The Morgan fingerprint density at radius 1 is 1.19 bits per heavy atom. The summed E-state index contributed by atoms with van der Waals surface area (Å²) in [4.78, 5) is 26.6. The second-order valence-electron chi connectivity index (χ2n) is 8.37. The van der Waals surface area contributed by atoms with E-state index in [1.165, 1.54) is 28.9 Å². The van der Waals surface area contributed by atoms with Crippen LogP contribution in [-0.4, -0.2) is 17.1 Å². The third-order valence-corrected chi connectivity index (χ3v) is 6.26. The number of nitrogens with one attached hydrogen (secondary N) is 2. The zero-order chi connectivity index (χ0) is 22.8. The van der Waals surface area contributed by atoms with Crippen LogP contribution in [0, 0.1) is 24.5 Å². The Labute approximate surface area is 185 Å². The van der Waals surface area contributed by atoms with Crippen LogP contribution in [0.1, 0.15) is 60.3 Å². The van der Waals surface area contributed by atoms with Gasteiger partial charge >= 0.3 is 0 Å². The number of nitrogens with zero attached hydrogens (tertiary/aromatic N) is 1. The Morgan fingerprint density at radius 3 is 2.59 bits per heavy atom. The van der Waals surface area contributed by atoms with Crippen molar-refractivity contribution in [3.8, 4) is 0 Å². The van der Waals surface area contributed by atoms with Gasteiger partial charge < -0.3 is 10.7 Å². The SMILES string of the molecule is CCCNn1c(C)c(C(=O)NC(c2cccc(F)c2)C2CCC2)c2cccc(F)c2c1=O. The molecule has 1 aliphatic carbocycles. The molecule has 3 aromatic rings. The minimum Gasteiger partial charge on any atom is -0.345 e. The molecule has 1 atom stereocenters. The highest BCUT2D eigenvalue weighted by Gasteiger charge is 2.31. The Bertz CT molecular complexity index is 1220. The molecule has 168 valence electrons. The number of pyridine rings is 1. The molecule has 0 saturated heterocycles. The van der Waals surface area contributed by atoms with Gasteiger partial charge in [-0.25, -0.2) is 13.5 Å². The van der Waals surface area contributed by atoms with E-state index < -0.39 is 17.3 Å². The molecule has 1 aromatic heterocycles. The Balaban J connectivity index is 1.81. The van der Waals surface area contributed by atoms with Gasteiger partial charge in [-0.3, -0.25) is 9.59 Å². The van der Waals surface area contributed by atoms with Crippen LogP contribution < -0.4 is 16.3 Å². The summed E-state index contributed by atoms with van der Waals surface area (Å²) in [5, 5.41) is 3.21. The molecule has 0 bridgehead atoms. The maximum Gasteiger partial charge on any atom is 0.279 e. The molecule has 1 fully saturated rings. The number of hydrogen-bond donors (Lipinski definition) is 2. The molecule has 0 spiro atoms. The topological polar surface area (TPSA) is 63.1 Å². The number of aromatic nitrogens is 1. The monoisotopic (exact) mass is 439 g/mol.